The van der Waals surface area contributed by atoms with Crippen LogP contribution in [0.1, 0.15) is 72.6 Å². The van der Waals surface area contributed by atoms with Crippen LogP contribution >= 0.6 is 11.6 Å². The number of benzene rings is 2. The van der Waals surface area contributed by atoms with Crippen molar-refractivity contribution in [2.24, 2.45) is 13.0 Å². The first kappa shape index (κ1) is 38.7. The van der Waals surface area contributed by atoms with Crippen molar-refractivity contribution in [3.63, 3.8) is 0 Å². The molecule has 56 heavy (non-hydrogen) atoms. The Morgan fingerprint density at radius 3 is 2.45 bits per heavy atom. The van der Waals surface area contributed by atoms with Crippen LogP contribution in [0.2, 0.25) is 5.02 Å². The number of halogens is 7. The van der Waals surface area contributed by atoms with Crippen LogP contribution in [0.3, 0.4) is 0 Å². The normalized spacial score (nSPS) is 17.2. The summed E-state index contributed by atoms with van der Waals surface area (Å²) in [5.41, 5.74) is -1.95. The minimum absolute atomic E-state index is 0.0277. The van der Waals surface area contributed by atoms with Crippen molar-refractivity contribution in [2.75, 3.05) is 12.4 Å². The standard InChI is InChI=1S/C38H32ClF6N7O4/c1-37(2,55)10-9-20-5-6-21(22-7-8-25(39)29-32(22)51(3)50-35(29)48-36(54)56-4)30(46-20)26(13-17-11-18(40)14-19(41)12-17)47-27(53)16-52-33-28(31(49-52)34(42)43)23-15-24(23)38(33,44)45/h5-8,11-12,14,23-24,26,34,55H,13,15-16H2,1-4H3,(H,47,53)(H,48,50,54)/t23-,24+,26-/m0/s1. The van der Waals surface area contributed by atoms with Gasteiger partial charge in [-0.15, -0.1) is 0 Å². The molecule has 0 aliphatic heterocycles. The lowest BCUT2D eigenvalue weighted by Crippen LogP contribution is -2.35. The summed E-state index contributed by atoms with van der Waals surface area (Å²) < 4.78 is 94.6. The van der Waals surface area contributed by atoms with Crippen LogP contribution in [-0.2, 0) is 35.5 Å². The first-order valence-corrected chi connectivity index (χ1v) is 17.5. The number of nitrogens with zero attached hydrogens (tertiary/aromatic N) is 5. The fraction of sp³-hybridized carbons (Fsp3) is 0.342. The molecule has 292 valence electrons. The molecule has 3 atom stereocenters. The van der Waals surface area contributed by atoms with Crippen LogP contribution in [-0.4, -0.2) is 54.4 Å². The minimum Gasteiger partial charge on any atom is -0.453 e. The predicted molar refractivity (Wildman–Crippen MR) is 191 cm³/mol. The van der Waals surface area contributed by atoms with E-state index in [0.717, 1.165) is 19.2 Å². The van der Waals surface area contributed by atoms with Crippen molar-refractivity contribution in [3.05, 3.63) is 93.0 Å². The van der Waals surface area contributed by atoms with Crippen LogP contribution in [0.15, 0.2) is 42.5 Å². The van der Waals surface area contributed by atoms with Gasteiger partial charge in [0.2, 0.25) is 5.91 Å². The predicted octanol–water partition coefficient (Wildman–Crippen LogP) is 7.31. The van der Waals surface area contributed by atoms with E-state index in [9.17, 15) is 32.3 Å². The molecule has 7 rings (SSSR count). The second-order valence-corrected chi connectivity index (χ2v) is 14.5. The Balaban J connectivity index is 1.38. The van der Waals surface area contributed by atoms with Crippen LogP contribution in [0.4, 0.5) is 37.0 Å². The summed E-state index contributed by atoms with van der Waals surface area (Å²) in [7, 11) is 2.74. The Bertz CT molecular complexity index is 2470. The Morgan fingerprint density at radius 2 is 1.79 bits per heavy atom. The highest BCUT2D eigenvalue weighted by Crippen LogP contribution is 2.68. The monoisotopic (exact) mass is 799 g/mol. The first-order valence-electron chi connectivity index (χ1n) is 17.1. The maximum absolute atomic E-state index is 15.4. The number of aromatic nitrogens is 5. The molecular weight excluding hydrogens is 768 g/mol. The number of ether oxygens (including phenoxy) is 1. The molecule has 11 nitrogen and oxygen atoms in total. The third-order valence-electron chi connectivity index (χ3n) is 9.54. The van der Waals surface area contributed by atoms with Gasteiger partial charge >= 0.3 is 6.09 Å². The van der Waals surface area contributed by atoms with Gasteiger partial charge < -0.3 is 15.2 Å². The second-order valence-electron chi connectivity index (χ2n) is 14.1. The maximum Gasteiger partial charge on any atom is 0.412 e. The van der Waals surface area contributed by atoms with E-state index in [4.69, 9.17) is 21.3 Å². The van der Waals surface area contributed by atoms with E-state index in [0.29, 0.717) is 32.8 Å². The van der Waals surface area contributed by atoms with E-state index >= 15 is 8.78 Å². The zero-order valence-electron chi connectivity index (χ0n) is 30.0. The molecule has 2 aliphatic carbocycles. The van der Waals surface area contributed by atoms with Gasteiger partial charge in [-0.25, -0.2) is 27.3 Å². The number of amides is 2. The average Bonchev–Trinajstić information content (AvgIpc) is 3.65. The molecule has 5 aromatic rings. The minimum atomic E-state index is -3.49. The number of rotatable bonds is 9. The van der Waals surface area contributed by atoms with Crippen molar-refractivity contribution in [3.8, 4) is 23.0 Å². The average molecular weight is 800 g/mol. The summed E-state index contributed by atoms with van der Waals surface area (Å²) in [5.74, 6) is -2.77. The van der Waals surface area contributed by atoms with E-state index in [-0.39, 0.29) is 46.2 Å². The highest BCUT2D eigenvalue weighted by molar-refractivity contribution is 6.37. The number of pyridine rings is 1. The summed E-state index contributed by atoms with van der Waals surface area (Å²) in [6.45, 7) is 1.99. The third-order valence-corrected chi connectivity index (χ3v) is 9.86. The Kier molecular flexibility index (Phi) is 9.78. The molecule has 1 saturated carbocycles. The van der Waals surface area contributed by atoms with Crippen molar-refractivity contribution < 1.29 is 45.8 Å². The number of aryl methyl sites for hydroxylation is 1. The summed E-state index contributed by atoms with van der Waals surface area (Å²) in [4.78, 5) is 30.8. The third kappa shape index (κ3) is 7.26. The molecule has 0 bridgehead atoms. The number of nitrogens with one attached hydrogen (secondary N) is 2. The van der Waals surface area contributed by atoms with Gasteiger partial charge in [0.1, 0.15) is 40.9 Å². The summed E-state index contributed by atoms with van der Waals surface area (Å²) in [6, 6.07) is 7.69. The van der Waals surface area contributed by atoms with E-state index in [1.807, 2.05) is 0 Å². The number of carbonyl (C=O) groups is 2. The Hall–Kier alpha value is -5.60. The molecular formula is C38H32ClF6N7O4. The lowest BCUT2D eigenvalue weighted by Gasteiger charge is -2.23. The Labute approximate surface area is 320 Å². The highest BCUT2D eigenvalue weighted by atomic mass is 35.5. The lowest BCUT2D eigenvalue weighted by molar-refractivity contribution is -0.123. The largest absolute Gasteiger partial charge is 0.453 e. The van der Waals surface area contributed by atoms with Crippen molar-refractivity contribution in [2.45, 2.75) is 63.1 Å². The van der Waals surface area contributed by atoms with Gasteiger partial charge in [0.05, 0.1) is 34.8 Å². The second kappa shape index (κ2) is 14.2. The number of fused-ring (bicyclic) bond motifs is 4. The topological polar surface area (TPSA) is 136 Å². The van der Waals surface area contributed by atoms with E-state index in [2.05, 4.69) is 32.7 Å². The molecule has 0 unspecified atom stereocenters. The van der Waals surface area contributed by atoms with E-state index in [1.165, 1.54) is 30.7 Å². The van der Waals surface area contributed by atoms with Crippen LogP contribution in [0, 0.1) is 29.4 Å². The van der Waals surface area contributed by atoms with Gasteiger partial charge in [0.25, 0.3) is 12.3 Å². The van der Waals surface area contributed by atoms with Crippen molar-refractivity contribution >= 4 is 40.3 Å². The van der Waals surface area contributed by atoms with Gasteiger partial charge in [0, 0.05) is 35.7 Å². The molecule has 3 aromatic heterocycles. The van der Waals surface area contributed by atoms with Crippen LogP contribution in [0.25, 0.3) is 22.0 Å². The molecule has 1 fully saturated rings. The van der Waals surface area contributed by atoms with Crippen molar-refractivity contribution in [1.82, 2.24) is 29.9 Å². The van der Waals surface area contributed by atoms with Gasteiger partial charge in [-0.1, -0.05) is 23.6 Å². The molecule has 3 heterocycles. The summed E-state index contributed by atoms with van der Waals surface area (Å²) in [6.07, 6.45) is -4.28. The Morgan fingerprint density at radius 1 is 1.09 bits per heavy atom. The molecule has 2 aromatic carbocycles. The summed E-state index contributed by atoms with van der Waals surface area (Å²) >= 11 is 6.61. The molecule has 2 amide bonds. The molecule has 0 spiro atoms. The van der Waals surface area contributed by atoms with Crippen molar-refractivity contribution in [1.29, 1.82) is 0 Å². The smallest absolute Gasteiger partial charge is 0.412 e. The van der Waals surface area contributed by atoms with Gasteiger partial charge in [0.15, 0.2) is 5.82 Å². The van der Waals surface area contributed by atoms with Crippen LogP contribution in [0.5, 0.6) is 0 Å². The number of methoxy groups -OCH3 is 1. The number of carbonyl (C=O) groups excluding carboxylic acids is 2. The highest BCUT2D eigenvalue weighted by Gasteiger charge is 2.67. The number of aliphatic hydroxyl groups is 1. The maximum atomic E-state index is 15.4. The van der Waals surface area contributed by atoms with Gasteiger partial charge in [-0.2, -0.15) is 19.0 Å². The van der Waals surface area contributed by atoms with Crippen LogP contribution < -0.4 is 10.6 Å². The fourth-order valence-corrected chi connectivity index (χ4v) is 7.46. The van der Waals surface area contributed by atoms with E-state index in [1.54, 1.807) is 19.2 Å². The summed E-state index contributed by atoms with van der Waals surface area (Å²) in [5, 5.41) is 24.2. The molecule has 2 aliphatic rings. The number of hydrogen-bond donors (Lipinski definition) is 3. The number of hydrogen-bond acceptors (Lipinski definition) is 7. The molecule has 0 saturated heterocycles. The molecule has 0 radical (unpaired) electrons. The zero-order chi connectivity index (χ0) is 40.4. The SMILES string of the molecule is COC(=O)Nc1nn(C)c2c(-c3ccc(C#CC(C)(C)O)nc3[C@H](Cc3cc(F)cc(F)c3)NC(=O)Cn3nc(C(F)F)c4c3C(F)(F)[C@@H]3C[C@H]43)ccc(Cl)c12. The number of alkyl halides is 4. The fourth-order valence-electron chi connectivity index (χ4n) is 7.22. The van der Waals surface area contributed by atoms with Gasteiger partial charge in [-0.3, -0.25) is 19.5 Å². The van der Waals surface area contributed by atoms with E-state index < -0.39 is 77.4 Å². The quantitative estimate of drug-likeness (QED) is 0.105. The molecule has 3 N–H and O–H groups in total. The number of anilines is 1. The lowest BCUT2D eigenvalue weighted by atomic mass is 9.93. The van der Waals surface area contributed by atoms with Gasteiger partial charge in [-0.05, 0) is 74.4 Å². The first-order chi connectivity index (χ1) is 26.4. The molecule has 18 heteroatoms. The zero-order valence-corrected chi connectivity index (χ0v) is 30.8.